The molecule has 1 aromatic heterocycles. The van der Waals surface area contributed by atoms with Gasteiger partial charge in [0.15, 0.2) is 0 Å². The Morgan fingerprint density at radius 3 is 2.84 bits per heavy atom. The van der Waals surface area contributed by atoms with E-state index in [1.807, 2.05) is 18.0 Å². The van der Waals surface area contributed by atoms with Gasteiger partial charge in [-0.05, 0) is 85.8 Å². The van der Waals surface area contributed by atoms with Crippen molar-refractivity contribution >= 4 is 16.9 Å². The van der Waals surface area contributed by atoms with Crippen LogP contribution in [0.3, 0.4) is 0 Å². The van der Waals surface area contributed by atoms with E-state index in [0.717, 1.165) is 41.5 Å². The van der Waals surface area contributed by atoms with E-state index < -0.39 is 0 Å². The first-order valence-corrected chi connectivity index (χ1v) is 12.4. The average Bonchev–Trinajstić information content (AvgIpc) is 3.31. The first-order valence-electron chi connectivity index (χ1n) is 12.4. The van der Waals surface area contributed by atoms with E-state index in [4.69, 9.17) is 4.98 Å². The molecule has 2 aromatic rings. The van der Waals surface area contributed by atoms with Crippen molar-refractivity contribution < 1.29 is 9.18 Å². The minimum atomic E-state index is -0.227. The van der Waals surface area contributed by atoms with Gasteiger partial charge in [0, 0.05) is 31.0 Å². The summed E-state index contributed by atoms with van der Waals surface area (Å²) in [6.07, 6.45) is 12.5. The number of likely N-dealkylation sites (N-methyl/N-ethyl adjacent to an activating group) is 1. The number of hydrogen-bond donors (Lipinski definition) is 1. The molecule has 1 amide bonds. The zero-order valence-corrected chi connectivity index (χ0v) is 19.4. The molecule has 7 atom stereocenters. The van der Waals surface area contributed by atoms with E-state index in [-0.39, 0.29) is 17.1 Å². The highest BCUT2D eigenvalue weighted by Crippen LogP contribution is 2.65. The fourth-order valence-corrected chi connectivity index (χ4v) is 8.54. The Kier molecular flexibility index (Phi) is 4.42. The number of hydrogen-bond acceptors (Lipinski definition) is 2. The van der Waals surface area contributed by atoms with Crippen LogP contribution in [-0.2, 0) is 11.2 Å². The summed E-state index contributed by atoms with van der Waals surface area (Å²) >= 11 is 0. The van der Waals surface area contributed by atoms with Gasteiger partial charge in [-0.1, -0.05) is 19.9 Å². The maximum Gasteiger partial charge on any atom is 0.246 e. The molecule has 3 saturated carbocycles. The molecule has 5 heteroatoms. The minimum Gasteiger partial charge on any atom is -0.342 e. The van der Waals surface area contributed by atoms with Crippen LogP contribution in [0.1, 0.15) is 58.2 Å². The summed E-state index contributed by atoms with van der Waals surface area (Å²) in [5, 5.41) is 0. The fourth-order valence-electron chi connectivity index (χ4n) is 8.54. The van der Waals surface area contributed by atoms with Crippen molar-refractivity contribution in [1.29, 1.82) is 0 Å². The summed E-state index contributed by atoms with van der Waals surface area (Å²) in [4.78, 5) is 22.5. The van der Waals surface area contributed by atoms with Crippen LogP contribution in [0.15, 0.2) is 30.4 Å². The number of carbonyl (C=O) groups is 1. The van der Waals surface area contributed by atoms with Gasteiger partial charge in [0.25, 0.3) is 0 Å². The second-order valence-electron chi connectivity index (χ2n) is 11.5. The molecule has 1 aliphatic heterocycles. The van der Waals surface area contributed by atoms with Crippen LogP contribution in [0.2, 0.25) is 0 Å². The highest BCUT2D eigenvalue weighted by molar-refractivity contribution is 5.89. The van der Waals surface area contributed by atoms with Gasteiger partial charge in [-0.2, -0.15) is 0 Å². The molecule has 1 aromatic carbocycles. The molecule has 170 valence electrons. The molecule has 0 spiro atoms. The van der Waals surface area contributed by atoms with Crippen LogP contribution < -0.4 is 0 Å². The van der Waals surface area contributed by atoms with Gasteiger partial charge in [-0.3, -0.25) is 4.79 Å². The summed E-state index contributed by atoms with van der Waals surface area (Å²) in [6, 6.07) is 5.17. The SMILES string of the molecule is CN1C(=O)C=C[C@]2(C)[C@H]3CC[C@]4(C)[C@@H](Cc5nc6cc(F)ccc6[nH]5)CC[C@H]4[C@@H]3CC[C@@H]12. The van der Waals surface area contributed by atoms with E-state index in [0.29, 0.717) is 23.3 Å². The summed E-state index contributed by atoms with van der Waals surface area (Å²) < 4.78 is 13.6. The summed E-state index contributed by atoms with van der Waals surface area (Å²) in [7, 11) is 1.99. The number of halogens is 1. The monoisotopic (exact) mass is 435 g/mol. The van der Waals surface area contributed by atoms with E-state index >= 15 is 0 Å². The Hall–Kier alpha value is -2.17. The van der Waals surface area contributed by atoms with Crippen LogP contribution in [0.25, 0.3) is 11.0 Å². The predicted molar refractivity (Wildman–Crippen MR) is 123 cm³/mol. The smallest absolute Gasteiger partial charge is 0.246 e. The number of nitrogens with one attached hydrogen (secondary N) is 1. The number of rotatable bonds is 2. The van der Waals surface area contributed by atoms with Gasteiger partial charge in [-0.15, -0.1) is 0 Å². The number of benzene rings is 1. The van der Waals surface area contributed by atoms with Crippen LogP contribution in [-0.4, -0.2) is 33.9 Å². The lowest BCUT2D eigenvalue weighted by molar-refractivity contribution is -0.138. The maximum absolute atomic E-state index is 13.6. The fraction of sp³-hybridized carbons (Fsp3) is 0.630. The Morgan fingerprint density at radius 1 is 1.16 bits per heavy atom. The second kappa shape index (κ2) is 6.91. The topological polar surface area (TPSA) is 49.0 Å². The average molecular weight is 436 g/mol. The first-order chi connectivity index (χ1) is 15.3. The summed E-state index contributed by atoms with van der Waals surface area (Å²) in [5.74, 6) is 3.73. The number of carbonyl (C=O) groups excluding carboxylic acids is 1. The Bertz CT molecular complexity index is 1110. The van der Waals surface area contributed by atoms with E-state index in [9.17, 15) is 9.18 Å². The van der Waals surface area contributed by atoms with Crippen molar-refractivity contribution in [2.24, 2.45) is 34.5 Å². The number of aromatic amines is 1. The number of aromatic nitrogens is 2. The number of fused-ring (bicyclic) bond motifs is 6. The zero-order chi connectivity index (χ0) is 22.3. The molecule has 3 aliphatic carbocycles. The minimum absolute atomic E-state index is 0.105. The molecule has 3 fully saturated rings. The molecule has 1 N–H and O–H groups in total. The van der Waals surface area contributed by atoms with Gasteiger partial charge in [0.1, 0.15) is 11.6 Å². The molecule has 0 unspecified atom stereocenters. The summed E-state index contributed by atoms with van der Waals surface area (Å²) in [6.45, 7) is 4.95. The lowest BCUT2D eigenvalue weighted by Crippen LogP contribution is -2.59. The lowest BCUT2D eigenvalue weighted by Gasteiger charge is -2.60. The normalized spacial score (nSPS) is 40.9. The van der Waals surface area contributed by atoms with E-state index in [2.05, 4.69) is 24.9 Å². The molecule has 2 heterocycles. The molecule has 32 heavy (non-hydrogen) atoms. The third kappa shape index (κ3) is 2.78. The van der Waals surface area contributed by atoms with Gasteiger partial charge in [0.05, 0.1) is 11.0 Å². The van der Waals surface area contributed by atoms with Gasteiger partial charge in [0.2, 0.25) is 5.91 Å². The van der Waals surface area contributed by atoms with Crippen molar-refractivity contribution in [1.82, 2.24) is 14.9 Å². The van der Waals surface area contributed by atoms with Crippen LogP contribution in [0, 0.1) is 40.3 Å². The molecule has 6 rings (SSSR count). The van der Waals surface area contributed by atoms with E-state index in [1.165, 1.54) is 44.2 Å². The van der Waals surface area contributed by atoms with Crippen molar-refractivity contribution in [3.05, 3.63) is 42.0 Å². The lowest BCUT2D eigenvalue weighted by atomic mass is 9.47. The highest BCUT2D eigenvalue weighted by atomic mass is 19.1. The zero-order valence-electron chi connectivity index (χ0n) is 19.4. The van der Waals surface area contributed by atoms with Crippen LogP contribution >= 0.6 is 0 Å². The van der Waals surface area contributed by atoms with Gasteiger partial charge < -0.3 is 9.88 Å². The van der Waals surface area contributed by atoms with Crippen LogP contribution in [0.4, 0.5) is 4.39 Å². The molecule has 0 radical (unpaired) electrons. The van der Waals surface area contributed by atoms with Gasteiger partial charge in [-0.25, -0.2) is 9.37 Å². The molecular weight excluding hydrogens is 401 g/mol. The molecule has 4 nitrogen and oxygen atoms in total. The third-order valence-corrected chi connectivity index (χ3v) is 10.3. The maximum atomic E-state index is 13.6. The number of nitrogens with zero attached hydrogens (tertiary/aromatic N) is 2. The van der Waals surface area contributed by atoms with Crippen LogP contribution in [0.5, 0.6) is 0 Å². The molecule has 0 bridgehead atoms. The van der Waals surface area contributed by atoms with Crippen molar-refractivity contribution in [2.75, 3.05) is 7.05 Å². The van der Waals surface area contributed by atoms with Crippen molar-refractivity contribution in [2.45, 2.75) is 64.8 Å². The standard InChI is InChI=1S/C27H34FN3O/c1-26-12-10-20-18(6-9-23-27(20,2)13-11-25(32)31(23)3)19(26)7-4-16(26)14-24-29-21-8-5-17(28)15-22(21)30-24/h5,8,11,13,15-16,18-20,23H,4,6-7,9-10,12,14H2,1-3H3,(H,29,30)/t16-,18+,19+,20+,23-,26-,27-/m1/s1. The van der Waals surface area contributed by atoms with Crippen molar-refractivity contribution in [3.8, 4) is 0 Å². The Morgan fingerprint density at radius 2 is 2.00 bits per heavy atom. The number of H-pyrrole nitrogens is 1. The highest BCUT2D eigenvalue weighted by Gasteiger charge is 2.60. The largest absolute Gasteiger partial charge is 0.342 e. The quantitative estimate of drug-likeness (QED) is 0.677. The summed E-state index contributed by atoms with van der Waals surface area (Å²) in [5.41, 5.74) is 2.11. The molecule has 4 aliphatic rings. The molecule has 0 saturated heterocycles. The van der Waals surface area contributed by atoms with Crippen molar-refractivity contribution in [3.63, 3.8) is 0 Å². The second-order valence-corrected chi connectivity index (χ2v) is 11.5. The Labute approximate surface area is 189 Å². The first kappa shape index (κ1) is 20.4. The molecular formula is C27H34FN3O. The van der Waals surface area contributed by atoms with E-state index in [1.54, 1.807) is 6.07 Å². The number of imidazole rings is 1. The predicted octanol–water partition coefficient (Wildman–Crippen LogP) is 5.50. The number of amides is 1. The third-order valence-electron chi connectivity index (χ3n) is 10.3. The van der Waals surface area contributed by atoms with Gasteiger partial charge >= 0.3 is 0 Å². The Balaban J connectivity index is 1.26.